The number of aliphatic hydroxyl groups is 1. The zero-order valence-electron chi connectivity index (χ0n) is 23.6. The molecule has 1 aliphatic heterocycles. The molecule has 210 valence electrons. The average Bonchev–Trinajstić information content (AvgIpc) is 3.40. The number of amides is 1. The summed E-state index contributed by atoms with van der Waals surface area (Å²) in [6.07, 6.45) is 4.86. The van der Waals surface area contributed by atoms with Crippen LogP contribution < -0.4 is 11.5 Å². The third-order valence-corrected chi connectivity index (χ3v) is 9.44. The highest BCUT2D eigenvalue weighted by Gasteiger charge is 2.49. The van der Waals surface area contributed by atoms with E-state index in [-0.39, 0.29) is 12.5 Å². The van der Waals surface area contributed by atoms with Gasteiger partial charge in [-0.2, -0.15) is 0 Å². The van der Waals surface area contributed by atoms with Crippen LogP contribution in [0.1, 0.15) is 57.0 Å². The van der Waals surface area contributed by atoms with Crippen molar-refractivity contribution in [2.75, 3.05) is 19.6 Å². The fraction of sp³-hybridized carbons (Fsp3) is 0.406. The molecule has 1 aromatic heterocycles. The van der Waals surface area contributed by atoms with Crippen LogP contribution in [0.25, 0.3) is 27.3 Å². The third kappa shape index (κ3) is 5.95. The van der Waals surface area contributed by atoms with Gasteiger partial charge >= 0.3 is 0 Å². The van der Waals surface area contributed by atoms with Gasteiger partial charge in [0.15, 0.2) is 0 Å². The van der Waals surface area contributed by atoms with Gasteiger partial charge in [-0.15, -0.1) is 11.3 Å². The Hall–Kier alpha value is -3.17. The van der Waals surface area contributed by atoms with Crippen molar-refractivity contribution in [3.8, 4) is 21.7 Å². The highest BCUT2D eigenvalue weighted by molar-refractivity contribution is 7.16. The van der Waals surface area contributed by atoms with Gasteiger partial charge < -0.3 is 21.5 Å². The van der Waals surface area contributed by atoms with Gasteiger partial charge in [-0.1, -0.05) is 54.6 Å². The number of carbonyl (C=O) groups is 1. The molecule has 5 rings (SSSR count). The summed E-state index contributed by atoms with van der Waals surface area (Å²) in [7, 11) is 0. The lowest BCUT2D eigenvalue weighted by molar-refractivity contribution is -0.130. The number of nitrogens with two attached hydrogens (primary N) is 2. The maximum absolute atomic E-state index is 11.9. The van der Waals surface area contributed by atoms with Crippen LogP contribution in [0.3, 0.4) is 0 Å². The number of hydrogen-bond acceptors (Lipinski definition) is 7. The van der Waals surface area contributed by atoms with Crippen LogP contribution in [0, 0.1) is 5.92 Å². The van der Waals surface area contributed by atoms with Crippen LogP contribution >= 0.6 is 11.3 Å². The molecule has 2 aliphatic rings. The quantitative estimate of drug-likeness (QED) is 0.345. The van der Waals surface area contributed by atoms with Gasteiger partial charge in [0.1, 0.15) is 5.01 Å². The van der Waals surface area contributed by atoms with Crippen molar-refractivity contribution in [1.82, 2.24) is 9.88 Å². The summed E-state index contributed by atoms with van der Waals surface area (Å²) in [5.74, 6) is 0.382. The summed E-state index contributed by atoms with van der Waals surface area (Å²) in [5.41, 5.74) is 17.2. The Balaban J connectivity index is 1.39. The Morgan fingerprint density at radius 1 is 1.10 bits per heavy atom. The molecule has 5 N–H and O–H groups in total. The van der Waals surface area contributed by atoms with Crippen molar-refractivity contribution < 1.29 is 9.90 Å². The van der Waals surface area contributed by atoms with E-state index in [1.807, 2.05) is 36.2 Å². The number of aromatic nitrogens is 1. The van der Waals surface area contributed by atoms with E-state index in [9.17, 15) is 9.90 Å². The molecule has 1 aliphatic carbocycles. The fourth-order valence-electron chi connectivity index (χ4n) is 5.98. The number of rotatable bonds is 7. The molecule has 0 bridgehead atoms. The lowest BCUT2D eigenvalue weighted by Crippen LogP contribution is -2.58. The second-order valence-electron chi connectivity index (χ2n) is 11.6. The van der Waals surface area contributed by atoms with E-state index >= 15 is 0 Å². The van der Waals surface area contributed by atoms with Crippen molar-refractivity contribution in [2.45, 2.75) is 57.6 Å². The van der Waals surface area contributed by atoms with Crippen LogP contribution in [0.4, 0.5) is 0 Å². The molecule has 0 unspecified atom stereocenters. The van der Waals surface area contributed by atoms with Gasteiger partial charge in [0.05, 0.1) is 22.7 Å². The lowest BCUT2D eigenvalue weighted by atomic mass is 9.63. The Labute approximate surface area is 240 Å². The van der Waals surface area contributed by atoms with E-state index in [4.69, 9.17) is 21.4 Å². The van der Waals surface area contributed by atoms with Gasteiger partial charge in [0, 0.05) is 47.6 Å². The molecule has 3 aromatic rings. The second-order valence-corrected chi connectivity index (χ2v) is 12.6. The van der Waals surface area contributed by atoms with Crippen molar-refractivity contribution in [1.29, 1.82) is 0 Å². The number of piperidine rings is 1. The molecule has 40 heavy (non-hydrogen) atoms. The predicted molar refractivity (Wildman–Crippen MR) is 164 cm³/mol. The van der Waals surface area contributed by atoms with Gasteiger partial charge in [0.2, 0.25) is 5.91 Å². The van der Waals surface area contributed by atoms with Crippen LogP contribution in [-0.2, 0) is 10.3 Å². The minimum Gasteiger partial charge on any atom is -0.390 e. The first kappa shape index (κ1) is 28.4. The summed E-state index contributed by atoms with van der Waals surface area (Å²) in [6, 6.07) is 18.7. The molecular weight excluding hydrogens is 518 g/mol. The first-order chi connectivity index (χ1) is 19.1. The van der Waals surface area contributed by atoms with Crippen molar-refractivity contribution in [2.24, 2.45) is 22.4 Å². The number of thiazole rings is 1. The Morgan fingerprint density at radius 3 is 2.35 bits per heavy atom. The largest absolute Gasteiger partial charge is 0.390 e. The summed E-state index contributed by atoms with van der Waals surface area (Å²) < 4.78 is 0. The molecule has 2 aromatic carbocycles. The van der Waals surface area contributed by atoms with Gasteiger partial charge in [-0.25, -0.2) is 4.98 Å². The number of likely N-dealkylation sites (tertiary alicyclic amines) is 1. The number of allylic oxidation sites excluding steroid dienone is 1. The molecule has 1 saturated carbocycles. The summed E-state index contributed by atoms with van der Waals surface area (Å²) in [4.78, 5) is 24.8. The third-order valence-electron chi connectivity index (χ3n) is 8.20. The van der Waals surface area contributed by atoms with Gasteiger partial charge in [0.25, 0.3) is 0 Å². The van der Waals surface area contributed by atoms with Crippen LogP contribution in [0.15, 0.2) is 65.8 Å². The maximum Gasteiger partial charge on any atom is 0.236 e. The first-order valence-electron chi connectivity index (χ1n) is 14.0. The van der Waals surface area contributed by atoms with Crippen LogP contribution in [0.2, 0.25) is 0 Å². The van der Waals surface area contributed by atoms with Crippen LogP contribution in [-0.4, -0.2) is 51.8 Å². The SMILES string of the molecule is C/C(=C\N=C(/C)C1CCN(C(=O)CN)CC1)c1nc(-c2ccc([C@]3(N)C[C@](C)(O)C3)cc2)c(-c2ccccc2)s1. The van der Waals surface area contributed by atoms with E-state index in [1.54, 1.807) is 11.3 Å². The van der Waals surface area contributed by atoms with Crippen molar-refractivity contribution >= 4 is 28.5 Å². The Bertz CT molecular complexity index is 1410. The van der Waals surface area contributed by atoms with E-state index in [0.29, 0.717) is 18.8 Å². The number of aliphatic imine (C=N–C) groups is 1. The predicted octanol–water partition coefficient (Wildman–Crippen LogP) is 5.19. The fourth-order valence-corrected chi connectivity index (χ4v) is 7.03. The Morgan fingerprint density at radius 2 is 1.75 bits per heavy atom. The molecule has 8 heteroatoms. The molecule has 0 radical (unpaired) electrons. The minimum absolute atomic E-state index is 0.0194. The number of nitrogens with zero attached hydrogens (tertiary/aromatic N) is 3. The zero-order chi connectivity index (χ0) is 28.5. The van der Waals surface area contributed by atoms with E-state index in [2.05, 4.69) is 50.2 Å². The minimum atomic E-state index is -0.691. The highest BCUT2D eigenvalue weighted by atomic mass is 32.1. The van der Waals surface area contributed by atoms with Crippen molar-refractivity contribution in [3.05, 3.63) is 71.4 Å². The molecule has 2 fully saturated rings. The van der Waals surface area contributed by atoms with E-state index in [0.717, 1.165) is 69.5 Å². The maximum atomic E-state index is 11.9. The molecule has 1 amide bonds. The molecule has 0 atom stereocenters. The number of hydrogen-bond donors (Lipinski definition) is 3. The van der Waals surface area contributed by atoms with Gasteiger partial charge in [-0.05, 0) is 57.6 Å². The zero-order valence-corrected chi connectivity index (χ0v) is 24.4. The molecule has 1 saturated heterocycles. The number of benzene rings is 2. The average molecular weight is 558 g/mol. The van der Waals surface area contributed by atoms with Crippen LogP contribution in [0.5, 0.6) is 0 Å². The smallest absolute Gasteiger partial charge is 0.236 e. The monoisotopic (exact) mass is 557 g/mol. The molecule has 2 heterocycles. The highest BCUT2D eigenvalue weighted by Crippen LogP contribution is 2.47. The number of carbonyl (C=O) groups excluding carboxylic acids is 1. The molecule has 7 nitrogen and oxygen atoms in total. The van der Waals surface area contributed by atoms with E-state index < -0.39 is 11.1 Å². The Kier molecular flexibility index (Phi) is 8.06. The lowest BCUT2D eigenvalue weighted by Gasteiger charge is -2.49. The van der Waals surface area contributed by atoms with Gasteiger partial charge in [-0.3, -0.25) is 9.79 Å². The van der Waals surface area contributed by atoms with Crippen molar-refractivity contribution in [3.63, 3.8) is 0 Å². The van der Waals surface area contributed by atoms with E-state index in [1.165, 1.54) is 0 Å². The summed E-state index contributed by atoms with van der Waals surface area (Å²) >= 11 is 1.67. The standard InChI is InChI=1S/C32H39N5O2S/c1-21(18-35-22(2)23-13-15-37(16-14-23)27(38)17-33)30-36-28(29(40-30)25-7-5-4-6-8-25)24-9-11-26(12-10-24)32(34)19-31(3,39)20-32/h4-12,18,23,39H,13-17,19-20,33-34H2,1-3H3/b21-18+,35-22+/t31-,32-. The molecular formula is C32H39N5O2S. The summed E-state index contributed by atoms with van der Waals surface area (Å²) in [5, 5.41) is 11.2. The first-order valence-corrected chi connectivity index (χ1v) is 14.8. The normalized spacial score (nSPS) is 24.2. The molecule has 0 spiro atoms. The topological polar surface area (TPSA) is 118 Å². The summed E-state index contributed by atoms with van der Waals surface area (Å²) in [6.45, 7) is 7.50. The second kappa shape index (κ2) is 11.4.